The molecule has 0 N–H and O–H groups in total. The average Bonchev–Trinajstić information content (AvgIpc) is 2.92. The standard InChI is InChI=1S/C30H37N5O2/c1-37-30-31-13-12-26(33-30)28-29(36)35(27-11-3-2-10-25(27)32-28)24-17-21-8-5-9-22(18-24)34(21)23-15-19-6-4-7-20(14-19)16-23/h2-3,10-13,19-24H,4-9,14-18H2,1H3/t19-,20+,21-,22+,23?,24?. The summed E-state index contributed by atoms with van der Waals surface area (Å²) in [5, 5.41) is 0. The van der Waals surface area contributed by atoms with Crippen molar-refractivity contribution in [1.82, 2.24) is 24.4 Å². The van der Waals surface area contributed by atoms with Crippen molar-refractivity contribution in [3.8, 4) is 17.4 Å². The van der Waals surface area contributed by atoms with E-state index in [1.165, 1.54) is 64.9 Å². The number of ether oxygens (including phenoxy) is 1. The maximum atomic E-state index is 14.1. The molecular formula is C30H37N5O2. The molecule has 4 heterocycles. The topological polar surface area (TPSA) is 73.1 Å². The van der Waals surface area contributed by atoms with E-state index in [1.54, 1.807) is 12.3 Å². The highest BCUT2D eigenvalue weighted by Gasteiger charge is 2.45. The zero-order valence-corrected chi connectivity index (χ0v) is 21.8. The van der Waals surface area contributed by atoms with Gasteiger partial charge in [0.15, 0.2) is 5.69 Å². The lowest BCUT2D eigenvalue weighted by Crippen LogP contribution is -2.58. The summed E-state index contributed by atoms with van der Waals surface area (Å²) in [5.74, 6) is 1.88. The molecule has 0 amide bonds. The molecule has 7 heteroatoms. The molecule has 2 saturated carbocycles. The minimum absolute atomic E-state index is 0.0526. The quantitative estimate of drug-likeness (QED) is 0.479. The van der Waals surface area contributed by atoms with Gasteiger partial charge in [-0.15, -0.1) is 0 Å². The first-order chi connectivity index (χ1) is 18.2. The molecular weight excluding hydrogens is 462 g/mol. The number of piperidine rings is 2. The summed E-state index contributed by atoms with van der Waals surface area (Å²) in [6, 6.07) is 12.1. The van der Waals surface area contributed by atoms with Crippen LogP contribution in [0.2, 0.25) is 0 Å². The molecule has 2 saturated heterocycles. The van der Waals surface area contributed by atoms with Gasteiger partial charge in [-0.25, -0.2) is 9.97 Å². The number of benzene rings is 1. The summed E-state index contributed by atoms with van der Waals surface area (Å²) in [5.41, 5.74) is 2.61. The van der Waals surface area contributed by atoms with E-state index < -0.39 is 0 Å². The third-order valence-electron chi connectivity index (χ3n) is 9.75. The van der Waals surface area contributed by atoms with Crippen LogP contribution in [0.15, 0.2) is 41.3 Å². The van der Waals surface area contributed by atoms with Crippen molar-refractivity contribution in [3.63, 3.8) is 0 Å². The molecule has 2 aromatic heterocycles. The Balaban J connectivity index is 1.26. The second kappa shape index (κ2) is 9.50. The predicted octanol–water partition coefficient (Wildman–Crippen LogP) is 5.39. The van der Waals surface area contributed by atoms with E-state index in [0.29, 0.717) is 23.5 Å². The number of rotatable bonds is 4. The van der Waals surface area contributed by atoms with Gasteiger partial charge in [0, 0.05) is 30.4 Å². The van der Waals surface area contributed by atoms with Crippen LogP contribution in [0, 0.1) is 11.8 Å². The summed E-state index contributed by atoms with van der Waals surface area (Å²) < 4.78 is 7.29. The first-order valence-corrected chi connectivity index (χ1v) is 14.3. The zero-order chi connectivity index (χ0) is 24.9. The molecule has 7 rings (SSSR count). The Morgan fingerprint density at radius 3 is 2.30 bits per heavy atom. The van der Waals surface area contributed by atoms with Crippen molar-refractivity contribution in [1.29, 1.82) is 0 Å². The molecule has 1 aromatic carbocycles. The number of nitrogens with zero attached hydrogens (tertiary/aromatic N) is 5. The molecule has 4 aliphatic rings. The molecule has 0 spiro atoms. The van der Waals surface area contributed by atoms with Gasteiger partial charge in [0.25, 0.3) is 5.56 Å². The molecule has 0 radical (unpaired) electrons. The number of fused-ring (bicyclic) bond motifs is 5. The van der Waals surface area contributed by atoms with E-state index in [2.05, 4.69) is 25.5 Å². The van der Waals surface area contributed by atoms with Crippen molar-refractivity contribution in [2.24, 2.45) is 11.8 Å². The molecule has 4 bridgehead atoms. The second-order valence-electron chi connectivity index (χ2n) is 11.9. The van der Waals surface area contributed by atoms with Crippen molar-refractivity contribution < 1.29 is 4.74 Å². The number of hydrogen-bond acceptors (Lipinski definition) is 6. The highest BCUT2D eigenvalue weighted by molar-refractivity contribution is 5.77. The van der Waals surface area contributed by atoms with E-state index in [0.717, 1.165) is 41.8 Å². The summed E-state index contributed by atoms with van der Waals surface area (Å²) in [6.07, 6.45) is 16.1. The first-order valence-electron chi connectivity index (χ1n) is 14.3. The van der Waals surface area contributed by atoms with E-state index in [-0.39, 0.29) is 17.6 Å². The lowest BCUT2D eigenvalue weighted by molar-refractivity contribution is -0.0485. The van der Waals surface area contributed by atoms with Gasteiger partial charge in [0.2, 0.25) is 0 Å². The van der Waals surface area contributed by atoms with E-state index >= 15 is 0 Å². The maximum absolute atomic E-state index is 14.1. The van der Waals surface area contributed by atoms with Crippen LogP contribution >= 0.6 is 0 Å². The highest BCUT2D eigenvalue weighted by Crippen LogP contribution is 2.47. The third kappa shape index (κ3) is 4.15. The monoisotopic (exact) mass is 499 g/mol. The molecule has 2 aliphatic heterocycles. The van der Waals surface area contributed by atoms with Gasteiger partial charge < -0.3 is 9.30 Å². The van der Waals surface area contributed by atoms with Gasteiger partial charge in [0.1, 0.15) is 5.69 Å². The van der Waals surface area contributed by atoms with Crippen molar-refractivity contribution >= 4 is 11.0 Å². The van der Waals surface area contributed by atoms with E-state index in [9.17, 15) is 4.79 Å². The van der Waals surface area contributed by atoms with Gasteiger partial charge in [-0.3, -0.25) is 9.69 Å². The van der Waals surface area contributed by atoms with Crippen molar-refractivity contribution in [2.75, 3.05) is 7.11 Å². The molecule has 3 aromatic rings. The molecule has 4 fully saturated rings. The largest absolute Gasteiger partial charge is 0.467 e. The molecule has 194 valence electrons. The fourth-order valence-electron chi connectivity index (χ4n) is 8.39. The minimum atomic E-state index is -0.0526. The highest BCUT2D eigenvalue weighted by atomic mass is 16.5. The van der Waals surface area contributed by atoms with Crippen molar-refractivity contribution in [2.45, 2.75) is 94.8 Å². The fraction of sp³-hybridized carbons (Fsp3) is 0.600. The minimum Gasteiger partial charge on any atom is -0.467 e. The average molecular weight is 500 g/mol. The van der Waals surface area contributed by atoms with Crippen LogP contribution in [-0.2, 0) is 0 Å². The molecule has 37 heavy (non-hydrogen) atoms. The van der Waals surface area contributed by atoms with Crippen LogP contribution in [-0.4, -0.2) is 49.7 Å². The van der Waals surface area contributed by atoms with Crippen molar-refractivity contribution in [3.05, 3.63) is 46.9 Å². The predicted molar refractivity (Wildman–Crippen MR) is 144 cm³/mol. The lowest BCUT2D eigenvalue weighted by atomic mass is 9.68. The van der Waals surface area contributed by atoms with E-state index in [4.69, 9.17) is 9.72 Å². The molecule has 7 nitrogen and oxygen atoms in total. The zero-order valence-electron chi connectivity index (χ0n) is 21.8. The van der Waals surface area contributed by atoms with Crippen LogP contribution in [0.4, 0.5) is 0 Å². The van der Waals surface area contributed by atoms with Gasteiger partial charge in [-0.2, -0.15) is 4.98 Å². The SMILES string of the molecule is COc1nccc(-c2nc3ccccc3n(C3C[C@H]4CCC[C@@H](C3)N4C3C[C@H]4CCC[C@@H](C3)C4)c2=O)n1. The number of methoxy groups -OCH3 is 1. The maximum Gasteiger partial charge on any atom is 0.316 e. The number of para-hydroxylation sites is 2. The third-order valence-corrected chi connectivity index (χ3v) is 9.75. The Morgan fingerprint density at radius 1 is 0.811 bits per heavy atom. The Bertz CT molecular complexity index is 1330. The van der Waals surface area contributed by atoms with Crippen LogP contribution in [0.5, 0.6) is 6.01 Å². The molecule has 2 aliphatic carbocycles. The first kappa shape index (κ1) is 23.3. The number of aromatic nitrogens is 4. The normalized spacial score (nSPS) is 31.8. The summed E-state index contributed by atoms with van der Waals surface area (Å²) in [6.45, 7) is 0. The summed E-state index contributed by atoms with van der Waals surface area (Å²) in [7, 11) is 1.54. The summed E-state index contributed by atoms with van der Waals surface area (Å²) in [4.78, 5) is 30.4. The Labute approximate surface area is 218 Å². The van der Waals surface area contributed by atoms with Crippen LogP contribution in [0.3, 0.4) is 0 Å². The van der Waals surface area contributed by atoms with Crippen LogP contribution < -0.4 is 10.3 Å². The van der Waals surface area contributed by atoms with Gasteiger partial charge in [-0.05, 0) is 75.0 Å². The smallest absolute Gasteiger partial charge is 0.316 e. The van der Waals surface area contributed by atoms with Crippen LogP contribution in [0.1, 0.15) is 76.7 Å². The van der Waals surface area contributed by atoms with Crippen LogP contribution in [0.25, 0.3) is 22.4 Å². The van der Waals surface area contributed by atoms with E-state index in [1.807, 2.05) is 18.2 Å². The Morgan fingerprint density at radius 2 is 1.54 bits per heavy atom. The fourth-order valence-corrected chi connectivity index (χ4v) is 8.39. The molecule has 2 unspecified atom stereocenters. The summed E-state index contributed by atoms with van der Waals surface area (Å²) >= 11 is 0. The molecule has 6 atom stereocenters. The van der Waals surface area contributed by atoms with Gasteiger partial charge >= 0.3 is 6.01 Å². The van der Waals surface area contributed by atoms with Gasteiger partial charge in [0.05, 0.1) is 18.1 Å². The Kier molecular flexibility index (Phi) is 5.99. The number of hydrogen-bond donors (Lipinski definition) is 0. The lowest BCUT2D eigenvalue weighted by Gasteiger charge is -2.55. The second-order valence-corrected chi connectivity index (χ2v) is 11.9. The Hall–Kier alpha value is -2.80. The van der Waals surface area contributed by atoms with Gasteiger partial charge in [-0.1, -0.05) is 37.8 Å².